The fourth-order valence-electron chi connectivity index (χ4n) is 4.00. The van der Waals surface area contributed by atoms with Gasteiger partial charge in [0.15, 0.2) is 0 Å². The van der Waals surface area contributed by atoms with E-state index in [0.29, 0.717) is 24.4 Å². The summed E-state index contributed by atoms with van der Waals surface area (Å²) in [5.41, 5.74) is 3.36. The summed E-state index contributed by atoms with van der Waals surface area (Å²) < 4.78 is 0. The number of amides is 1. The Hall–Kier alpha value is -2.10. The van der Waals surface area contributed by atoms with Gasteiger partial charge in [-0.25, -0.2) is 0 Å². The number of rotatable bonds is 6. The van der Waals surface area contributed by atoms with Crippen LogP contribution in [0.25, 0.3) is 10.9 Å². The predicted octanol–water partition coefficient (Wildman–Crippen LogP) is 5.81. The number of nitrogens with one attached hydrogen (secondary N) is 2. The van der Waals surface area contributed by atoms with Crippen molar-refractivity contribution in [2.24, 2.45) is 5.92 Å². The molecule has 158 valence electrons. The number of fused-ring (bicyclic) bond motifs is 1. The van der Waals surface area contributed by atoms with Gasteiger partial charge in [0, 0.05) is 40.7 Å². The molecule has 0 spiro atoms. The Morgan fingerprint density at radius 2 is 1.76 bits per heavy atom. The molecule has 0 saturated heterocycles. The largest absolute Gasteiger partial charge is 0.382 e. The quantitative estimate of drug-likeness (QED) is 0.649. The summed E-state index contributed by atoms with van der Waals surface area (Å²) in [4.78, 5) is 17.0. The smallest absolute Gasteiger partial charge is 0.220 e. The van der Waals surface area contributed by atoms with Crippen molar-refractivity contribution in [3.05, 3.63) is 36.0 Å². The fourth-order valence-corrected chi connectivity index (χ4v) is 4.00. The molecule has 1 aliphatic rings. The van der Waals surface area contributed by atoms with Crippen molar-refractivity contribution in [3.8, 4) is 0 Å². The van der Waals surface area contributed by atoms with E-state index in [1.165, 1.54) is 11.1 Å². The highest BCUT2D eigenvalue weighted by Gasteiger charge is 2.24. The van der Waals surface area contributed by atoms with Crippen LogP contribution in [0.1, 0.15) is 78.8 Å². The number of carbonyl (C=O) groups excluding carboxylic acids is 1. The molecule has 1 aliphatic carbocycles. The first-order valence-electron chi connectivity index (χ1n) is 11.2. The van der Waals surface area contributed by atoms with E-state index in [-0.39, 0.29) is 11.3 Å². The number of benzene rings is 1. The zero-order valence-corrected chi connectivity index (χ0v) is 18.7. The minimum atomic E-state index is 0.0123. The van der Waals surface area contributed by atoms with Gasteiger partial charge >= 0.3 is 0 Å². The Morgan fingerprint density at radius 3 is 2.41 bits per heavy atom. The number of nitrogens with zero attached hydrogens (tertiary/aromatic N) is 1. The van der Waals surface area contributed by atoms with Crippen molar-refractivity contribution in [1.82, 2.24) is 10.3 Å². The first kappa shape index (κ1) is 21.6. The van der Waals surface area contributed by atoms with Gasteiger partial charge < -0.3 is 10.6 Å². The van der Waals surface area contributed by atoms with Crippen LogP contribution in [0.2, 0.25) is 0 Å². The summed E-state index contributed by atoms with van der Waals surface area (Å²) in [6.45, 7) is 11.0. The second kappa shape index (κ2) is 9.15. The maximum absolute atomic E-state index is 12.1. The van der Waals surface area contributed by atoms with Crippen LogP contribution in [0.4, 0.5) is 5.69 Å². The predicted molar refractivity (Wildman–Crippen MR) is 122 cm³/mol. The van der Waals surface area contributed by atoms with Crippen LogP contribution in [-0.4, -0.2) is 23.0 Å². The summed E-state index contributed by atoms with van der Waals surface area (Å²) in [6.07, 6.45) is 5.86. The van der Waals surface area contributed by atoms with Crippen LogP contribution in [0, 0.1) is 5.92 Å². The van der Waals surface area contributed by atoms with E-state index in [2.05, 4.69) is 75.6 Å². The molecule has 2 aromatic rings. The van der Waals surface area contributed by atoms with Crippen LogP contribution >= 0.6 is 0 Å². The number of para-hydroxylation sites is 1. The van der Waals surface area contributed by atoms with E-state index in [4.69, 9.17) is 4.98 Å². The van der Waals surface area contributed by atoms with Crippen molar-refractivity contribution in [1.29, 1.82) is 0 Å². The summed E-state index contributed by atoms with van der Waals surface area (Å²) in [6, 6.07) is 11.4. The molecule has 4 heteroatoms. The molecule has 1 saturated carbocycles. The Balaban J connectivity index is 1.63. The molecule has 0 radical (unpaired) electrons. The lowest BCUT2D eigenvalue weighted by atomic mass is 9.89. The molecular formula is C25H37N3O. The van der Waals surface area contributed by atoms with Gasteiger partial charge in [0.05, 0.1) is 5.52 Å². The first-order valence-corrected chi connectivity index (χ1v) is 11.2. The van der Waals surface area contributed by atoms with Gasteiger partial charge in [0.1, 0.15) is 0 Å². The van der Waals surface area contributed by atoms with Gasteiger partial charge in [0.25, 0.3) is 0 Å². The molecule has 1 aromatic carbocycles. The van der Waals surface area contributed by atoms with Crippen molar-refractivity contribution >= 4 is 22.5 Å². The van der Waals surface area contributed by atoms with Crippen molar-refractivity contribution in [3.63, 3.8) is 0 Å². The third-order valence-electron chi connectivity index (χ3n) is 5.89. The SMILES string of the molecule is CC(C)CCC(=O)NC1CCC(Nc2cc(C(C)(C)C)nc3ccccc23)CC1. The summed E-state index contributed by atoms with van der Waals surface area (Å²) in [5, 5.41) is 8.22. The third kappa shape index (κ3) is 5.94. The van der Waals surface area contributed by atoms with E-state index in [1.807, 2.05) is 0 Å². The Morgan fingerprint density at radius 1 is 1.10 bits per heavy atom. The third-order valence-corrected chi connectivity index (χ3v) is 5.89. The Bertz CT molecular complexity index is 830. The number of hydrogen-bond acceptors (Lipinski definition) is 3. The van der Waals surface area contributed by atoms with Crippen molar-refractivity contribution in [2.45, 2.75) is 90.6 Å². The Labute approximate surface area is 175 Å². The van der Waals surface area contributed by atoms with Gasteiger partial charge in [-0.1, -0.05) is 52.8 Å². The van der Waals surface area contributed by atoms with Gasteiger partial charge in [-0.2, -0.15) is 0 Å². The van der Waals surface area contributed by atoms with Gasteiger partial charge in [-0.15, -0.1) is 0 Å². The molecular weight excluding hydrogens is 358 g/mol. The average molecular weight is 396 g/mol. The molecule has 2 N–H and O–H groups in total. The fraction of sp³-hybridized carbons (Fsp3) is 0.600. The summed E-state index contributed by atoms with van der Waals surface area (Å²) in [7, 11) is 0. The number of pyridine rings is 1. The van der Waals surface area contributed by atoms with E-state index in [9.17, 15) is 4.79 Å². The molecule has 3 rings (SSSR count). The molecule has 0 aliphatic heterocycles. The molecule has 29 heavy (non-hydrogen) atoms. The average Bonchev–Trinajstić information content (AvgIpc) is 2.67. The normalized spacial score (nSPS) is 20.1. The number of aromatic nitrogens is 1. The molecule has 1 fully saturated rings. The van der Waals surface area contributed by atoms with E-state index >= 15 is 0 Å². The molecule has 0 atom stereocenters. The zero-order valence-electron chi connectivity index (χ0n) is 18.7. The highest BCUT2D eigenvalue weighted by Crippen LogP contribution is 2.31. The maximum Gasteiger partial charge on any atom is 0.220 e. The van der Waals surface area contributed by atoms with Crippen molar-refractivity contribution in [2.75, 3.05) is 5.32 Å². The van der Waals surface area contributed by atoms with Gasteiger partial charge in [0.2, 0.25) is 5.91 Å². The lowest BCUT2D eigenvalue weighted by molar-refractivity contribution is -0.122. The molecule has 1 heterocycles. The van der Waals surface area contributed by atoms with Crippen LogP contribution in [0.5, 0.6) is 0 Å². The second-order valence-corrected chi connectivity index (χ2v) is 10.0. The monoisotopic (exact) mass is 395 g/mol. The number of carbonyl (C=O) groups is 1. The highest BCUT2D eigenvalue weighted by molar-refractivity contribution is 5.91. The van der Waals surface area contributed by atoms with Crippen LogP contribution in [0.3, 0.4) is 0 Å². The molecule has 4 nitrogen and oxygen atoms in total. The maximum atomic E-state index is 12.1. The van der Waals surface area contributed by atoms with Crippen LogP contribution < -0.4 is 10.6 Å². The Kier molecular flexibility index (Phi) is 6.81. The van der Waals surface area contributed by atoms with Crippen LogP contribution in [0.15, 0.2) is 30.3 Å². The molecule has 0 bridgehead atoms. The van der Waals surface area contributed by atoms with Gasteiger partial charge in [-0.05, 0) is 50.2 Å². The second-order valence-electron chi connectivity index (χ2n) is 10.0. The summed E-state index contributed by atoms with van der Waals surface area (Å²) in [5.74, 6) is 0.791. The van der Waals surface area contributed by atoms with E-state index in [1.54, 1.807) is 0 Å². The first-order chi connectivity index (χ1) is 13.7. The number of hydrogen-bond donors (Lipinski definition) is 2. The standard InChI is InChI=1S/C25H37N3O/c1-17(2)10-15-24(29)27-19-13-11-18(12-14-19)26-22-16-23(25(3,4)5)28-21-9-7-6-8-20(21)22/h6-9,16-19H,10-15H2,1-5H3,(H,26,28)(H,27,29). The van der Waals surface area contributed by atoms with E-state index < -0.39 is 0 Å². The van der Waals surface area contributed by atoms with E-state index in [0.717, 1.165) is 43.3 Å². The minimum Gasteiger partial charge on any atom is -0.382 e. The topological polar surface area (TPSA) is 54.0 Å². The zero-order chi connectivity index (χ0) is 21.0. The number of anilines is 1. The molecule has 1 aromatic heterocycles. The lowest BCUT2D eigenvalue weighted by Gasteiger charge is -2.31. The van der Waals surface area contributed by atoms with Crippen molar-refractivity contribution < 1.29 is 4.79 Å². The highest BCUT2D eigenvalue weighted by atomic mass is 16.1. The lowest BCUT2D eigenvalue weighted by Crippen LogP contribution is -2.40. The van der Waals surface area contributed by atoms with Crippen LogP contribution in [-0.2, 0) is 10.2 Å². The van der Waals surface area contributed by atoms with Gasteiger partial charge in [-0.3, -0.25) is 9.78 Å². The summed E-state index contributed by atoms with van der Waals surface area (Å²) >= 11 is 0. The molecule has 0 unspecified atom stereocenters. The minimum absolute atomic E-state index is 0.0123. The molecule has 1 amide bonds.